The minimum absolute atomic E-state index is 0.418. The van der Waals surface area contributed by atoms with Gasteiger partial charge in [-0.2, -0.15) is 0 Å². The Bertz CT molecular complexity index is 654. The van der Waals surface area contributed by atoms with E-state index < -0.39 is 12.1 Å². The van der Waals surface area contributed by atoms with Crippen molar-refractivity contribution in [2.75, 3.05) is 7.11 Å². The molecule has 0 aliphatic heterocycles. The molecule has 0 fully saturated rings. The zero-order valence-electron chi connectivity index (χ0n) is 15.2. The molecule has 2 rings (SSSR count). The zero-order valence-corrected chi connectivity index (χ0v) is 15.2. The standard InChI is InChI=1S/C20H26N2O3/c1-4-5-6-7-8-16-13-21-19(22-14-16)17-9-11-18(12-10-17)25-20(23)15(2)24-3/h9-15H,4-8H2,1-3H3. The number of ether oxygens (including phenoxy) is 2. The lowest BCUT2D eigenvalue weighted by atomic mass is 10.1. The molecule has 1 aromatic carbocycles. The molecule has 134 valence electrons. The van der Waals surface area contributed by atoms with Crippen molar-refractivity contribution in [3.63, 3.8) is 0 Å². The van der Waals surface area contributed by atoms with Crippen molar-refractivity contribution in [1.29, 1.82) is 0 Å². The molecule has 5 heteroatoms. The van der Waals surface area contributed by atoms with E-state index in [2.05, 4.69) is 16.9 Å². The first kappa shape index (κ1) is 19.1. The predicted octanol–water partition coefficient (Wildman–Crippen LogP) is 4.21. The van der Waals surface area contributed by atoms with Crippen LogP contribution in [0.3, 0.4) is 0 Å². The molecule has 0 saturated heterocycles. The number of hydrogen-bond donors (Lipinski definition) is 0. The van der Waals surface area contributed by atoms with Crippen molar-refractivity contribution in [2.45, 2.75) is 52.1 Å². The molecule has 1 heterocycles. The molecular weight excluding hydrogens is 316 g/mol. The summed E-state index contributed by atoms with van der Waals surface area (Å²) in [6, 6.07) is 7.15. The van der Waals surface area contributed by atoms with Gasteiger partial charge in [0.2, 0.25) is 0 Å². The summed E-state index contributed by atoms with van der Waals surface area (Å²) in [7, 11) is 1.47. The smallest absolute Gasteiger partial charge is 0.340 e. The lowest BCUT2D eigenvalue weighted by Crippen LogP contribution is -2.24. The van der Waals surface area contributed by atoms with Gasteiger partial charge in [-0.05, 0) is 49.6 Å². The van der Waals surface area contributed by atoms with Gasteiger partial charge in [0, 0.05) is 25.1 Å². The number of aromatic nitrogens is 2. The Morgan fingerprint density at radius 2 is 1.76 bits per heavy atom. The number of carbonyl (C=O) groups excluding carboxylic acids is 1. The number of rotatable bonds is 9. The van der Waals surface area contributed by atoms with E-state index in [1.807, 2.05) is 24.5 Å². The van der Waals surface area contributed by atoms with E-state index in [0.29, 0.717) is 11.6 Å². The maximum Gasteiger partial charge on any atom is 0.340 e. The number of benzene rings is 1. The first-order valence-corrected chi connectivity index (χ1v) is 8.80. The average Bonchev–Trinajstić information content (AvgIpc) is 2.65. The second-order valence-electron chi connectivity index (χ2n) is 6.05. The zero-order chi connectivity index (χ0) is 18.1. The van der Waals surface area contributed by atoms with Crippen LogP contribution in [0.2, 0.25) is 0 Å². The van der Waals surface area contributed by atoms with Gasteiger partial charge in [0.1, 0.15) is 5.75 Å². The molecule has 5 nitrogen and oxygen atoms in total. The van der Waals surface area contributed by atoms with Crippen molar-refractivity contribution in [2.24, 2.45) is 0 Å². The summed E-state index contributed by atoms with van der Waals surface area (Å²) in [4.78, 5) is 20.6. The number of methoxy groups -OCH3 is 1. The van der Waals surface area contributed by atoms with Gasteiger partial charge in [-0.1, -0.05) is 26.2 Å². The highest BCUT2D eigenvalue weighted by atomic mass is 16.6. The summed E-state index contributed by atoms with van der Waals surface area (Å²) in [5.74, 6) is 0.726. The van der Waals surface area contributed by atoms with Gasteiger partial charge >= 0.3 is 5.97 Å². The molecule has 1 unspecified atom stereocenters. The van der Waals surface area contributed by atoms with Gasteiger partial charge < -0.3 is 9.47 Å². The number of carbonyl (C=O) groups is 1. The van der Waals surface area contributed by atoms with Crippen molar-refractivity contribution >= 4 is 5.97 Å². The highest BCUT2D eigenvalue weighted by molar-refractivity contribution is 5.77. The summed E-state index contributed by atoms with van der Waals surface area (Å²) in [6.45, 7) is 3.86. The summed E-state index contributed by atoms with van der Waals surface area (Å²) < 4.78 is 10.2. The van der Waals surface area contributed by atoms with Crippen LogP contribution < -0.4 is 4.74 Å². The third-order valence-corrected chi connectivity index (χ3v) is 4.04. The quantitative estimate of drug-likeness (QED) is 0.388. The third kappa shape index (κ3) is 5.94. The van der Waals surface area contributed by atoms with Crippen LogP contribution >= 0.6 is 0 Å². The SMILES string of the molecule is CCCCCCc1cnc(-c2ccc(OC(=O)C(C)OC)cc2)nc1. The van der Waals surface area contributed by atoms with Crippen LogP contribution in [0.4, 0.5) is 0 Å². The predicted molar refractivity (Wildman–Crippen MR) is 97.4 cm³/mol. The van der Waals surface area contributed by atoms with Crippen molar-refractivity contribution in [1.82, 2.24) is 9.97 Å². The van der Waals surface area contributed by atoms with Crippen molar-refractivity contribution < 1.29 is 14.3 Å². The van der Waals surface area contributed by atoms with Crippen molar-refractivity contribution in [3.8, 4) is 17.1 Å². The summed E-state index contributed by atoms with van der Waals surface area (Å²) in [5.41, 5.74) is 2.05. The Morgan fingerprint density at radius 3 is 2.36 bits per heavy atom. The molecule has 0 N–H and O–H groups in total. The van der Waals surface area contributed by atoms with Crippen molar-refractivity contribution in [3.05, 3.63) is 42.2 Å². The molecule has 0 aliphatic carbocycles. The number of aryl methyl sites for hydroxylation is 1. The second-order valence-corrected chi connectivity index (χ2v) is 6.05. The van der Waals surface area contributed by atoms with E-state index in [1.54, 1.807) is 19.1 Å². The van der Waals surface area contributed by atoms with Crippen LogP contribution in [0.25, 0.3) is 11.4 Å². The van der Waals surface area contributed by atoms with E-state index in [0.717, 1.165) is 12.0 Å². The second kappa shape index (κ2) is 9.89. The van der Waals surface area contributed by atoms with E-state index in [4.69, 9.17) is 9.47 Å². The van der Waals surface area contributed by atoms with Gasteiger partial charge in [0.15, 0.2) is 11.9 Å². The average molecular weight is 342 g/mol. The topological polar surface area (TPSA) is 61.3 Å². The maximum atomic E-state index is 11.7. The summed E-state index contributed by atoms with van der Waals surface area (Å²) >= 11 is 0. The molecule has 0 aliphatic rings. The Balaban J connectivity index is 1.94. The summed E-state index contributed by atoms with van der Waals surface area (Å²) in [6.07, 6.45) is 9.16. The Kier molecular flexibility index (Phi) is 7.54. The van der Waals surface area contributed by atoms with Crippen LogP contribution in [0.1, 0.15) is 45.1 Å². The van der Waals surface area contributed by atoms with E-state index >= 15 is 0 Å². The molecular formula is C20H26N2O3. The monoisotopic (exact) mass is 342 g/mol. The van der Waals surface area contributed by atoms with Crippen LogP contribution in [0, 0.1) is 0 Å². The van der Waals surface area contributed by atoms with Crippen LogP contribution in [-0.4, -0.2) is 29.2 Å². The van der Waals surface area contributed by atoms with E-state index in [-0.39, 0.29) is 0 Å². The highest BCUT2D eigenvalue weighted by Crippen LogP contribution is 2.20. The fourth-order valence-corrected chi connectivity index (χ4v) is 2.36. The minimum atomic E-state index is -0.590. The number of hydrogen-bond acceptors (Lipinski definition) is 5. The van der Waals surface area contributed by atoms with E-state index in [9.17, 15) is 4.79 Å². The van der Waals surface area contributed by atoms with Gasteiger partial charge in [-0.25, -0.2) is 14.8 Å². The van der Waals surface area contributed by atoms with Gasteiger partial charge in [-0.3, -0.25) is 0 Å². The Labute approximate surface area is 149 Å². The molecule has 2 aromatic rings. The lowest BCUT2D eigenvalue weighted by Gasteiger charge is -2.09. The van der Waals surface area contributed by atoms with Crippen LogP contribution in [0.15, 0.2) is 36.7 Å². The molecule has 0 radical (unpaired) electrons. The number of esters is 1. The molecule has 25 heavy (non-hydrogen) atoms. The molecule has 0 amide bonds. The largest absolute Gasteiger partial charge is 0.425 e. The molecule has 1 atom stereocenters. The van der Waals surface area contributed by atoms with Crippen LogP contribution in [-0.2, 0) is 16.0 Å². The number of nitrogens with zero attached hydrogens (tertiary/aromatic N) is 2. The first-order valence-electron chi connectivity index (χ1n) is 8.80. The minimum Gasteiger partial charge on any atom is -0.425 e. The van der Waals surface area contributed by atoms with Crippen LogP contribution in [0.5, 0.6) is 5.75 Å². The Hall–Kier alpha value is -2.27. The molecule has 1 aromatic heterocycles. The third-order valence-electron chi connectivity index (χ3n) is 4.04. The molecule has 0 saturated carbocycles. The van der Waals surface area contributed by atoms with E-state index in [1.165, 1.54) is 38.4 Å². The Morgan fingerprint density at radius 1 is 1.08 bits per heavy atom. The normalized spacial score (nSPS) is 12.0. The fraction of sp³-hybridized carbons (Fsp3) is 0.450. The van der Waals surface area contributed by atoms with Gasteiger partial charge in [0.05, 0.1) is 0 Å². The fourth-order valence-electron chi connectivity index (χ4n) is 2.36. The number of unbranched alkanes of at least 4 members (excludes halogenated alkanes) is 3. The molecule has 0 spiro atoms. The highest BCUT2D eigenvalue weighted by Gasteiger charge is 2.14. The van der Waals surface area contributed by atoms with Gasteiger partial charge in [-0.15, -0.1) is 0 Å². The first-order chi connectivity index (χ1) is 12.1. The maximum absolute atomic E-state index is 11.7. The lowest BCUT2D eigenvalue weighted by molar-refractivity contribution is -0.144. The molecule has 0 bridgehead atoms. The van der Waals surface area contributed by atoms with Gasteiger partial charge in [0.25, 0.3) is 0 Å². The summed E-state index contributed by atoms with van der Waals surface area (Å²) in [5, 5.41) is 0.